The summed E-state index contributed by atoms with van der Waals surface area (Å²) in [5, 5.41) is 6.93. The smallest absolute Gasteiger partial charge is 0.292 e. The summed E-state index contributed by atoms with van der Waals surface area (Å²) in [6.45, 7) is 6.69. The number of Topliss-reactive ketones (excluding diaryl/α,β-unsaturated/α-hetero) is 1. The highest BCUT2D eigenvalue weighted by atomic mass is 16.2. The fourth-order valence-corrected chi connectivity index (χ4v) is 2.91. The molecule has 1 unspecified atom stereocenters. The predicted octanol–water partition coefficient (Wildman–Crippen LogP) is 3.32. The van der Waals surface area contributed by atoms with E-state index >= 15 is 0 Å². The lowest BCUT2D eigenvalue weighted by molar-refractivity contribution is -0.117. The Hall–Kier alpha value is -3.28. The van der Waals surface area contributed by atoms with Gasteiger partial charge in [-0.25, -0.2) is 4.98 Å². The average molecular weight is 376 g/mol. The number of carbonyl (C=O) groups is 2. The number of hydrogen-bond acceptors (Lipinski definition) is 4. The van der Waals surface area contributed by atoms with Gasteiger partial charge in [0.2, 0.25) is 5.78 Å². The number of nitrogens with one attached hydrogen (secondary N) is 1. The number of benzene rings is 2. The highest BCUT2D eigenvalue weighted by Crippen LogP contribution is 2.22. The minimum absolute atomic E-state index is 0.0138. The van der Waals surface area contributed by atoms with Crippen molar-refractivity contribution in [1.82, 2.24) is 20.1 Å². The van der Waals surface area contributed by atoms with Crippen LogP contribution in [0.3, 0.4) is 0 Å². The molecule has 6 nitrogen and oxygen atoms in total. The van der Waals surface area contributed by atoms with Crippen LogP contribution < -0.4 is 5.32 Å². The lowest BCUT2D eigenvalue weighted by Crippen LogP contribution is -2.36. The number of rotatable bonds is 6. The summed E-state index contributed by atoms with van der Waals surface area (Å²) in [5.74, 6) is -1.20. The molecule has 1 amide bonds. The molecule has 0 bridgehead atoms. The lowest BCUT2D eigenvalue weighted by atomic mass is 9.86. The molecule has 6 heteroatoms. The van der Waals surface area contributed by atoms with Crippen LogP contribution in [-0.4, -0.2) is 26.5 Å². The molecule has 0 aliphatic heterocycles. The van der Waals surface area contributed by atoms with Gasteiger partial charge < -0.3 is 5.32 Å². The van der Waals surface area contributed by atoms with E-state index < -0.39 is 17.7 Å². The monoisotopic (exact) mass is 376 g/mol. The summed E-state index contributed by atoms with van der Waals surface area (Å²) < 4.78 is 1.63. The fraction of sp³-hybridized carbons (Fsp3) is 0.273. The van der Waals surface area contributed by atoms with Crippen LogP contribution in [0.1, 0.15) is 48.3 Å². The standard InChI is InChI=1S/C22H24N4O2/c1-22(2,3)18-11-9-17(10-12-18)20(27)21(28)25-19(13-26-15-23-14-24-26)16-7-5-4-6-8-16/h4-12,14-15,19H,13H2,1-3H3,(H,25,28). The Morgan fingerprint density at radius 1 is 1.04 bits per heavy atom. The first kappa shape index (κ1) is 19.5. The van der Waals surface area contributed by atoms with Crippen LogP contribution in [0.25, 0.3) is 0 Å². The summed E-state index contributed by atoms with van der Waals surface area (Å²) in [5.41, 5.74) is 2.36. The van der Waals surface area contributed by atoms with Crippen molar-refractivity contribution in [3.63, 3.8) is 0 Å². The van der Waals surface area contributed by atoms with Gasteiger partial charge >= 0.3 is 0 Å². The zero-order chi connectivity index (χ0) is 20.1. The van der Waals surface area contributed by atoms with E-state index in [-0.39, 0.29) is 5.41 Å². The average Bonchev–Trinajstić information content (AvgIpc) is 3.20. The van der Waals surface area contributed by atoms with Crippen molar-refractivity contribution >= 4 is 11.7 Å². The first-order valence-corrected chi connectivity index (χ1v) is 9.17. The summed E-state index contributed by atoms with van der Waals surface area (Å²) in [6, 6.07) is 16.3. The zero-order valence-corrected chi connectivity index (χ0v) is 16.3. The van der Waals surface area contributed by atoms with E-state index in [4.69, 9.17) is 0 Å². The second-order valence-corrected chi connectivity index (χ2v) is 7.71. The topological polar surface area (TPSA) is 76.9 Å². The van der Waals surface area contributed by atoms with Crippen LogP contribution in [0, 0.1) is 0 Å². The van der Waals surface area contributed by atoms with Crippen molar-refractivity contribution in [2.75, 3.05) is 0 Å². The Balaban J connectivity index is 1.76. The first-order valence-electron chi connectivity index (χ1n) is 9.17. The molecule has 0 fully saturated rings. The van der Waals surface area contributed by atoms with E-state index in [1.165, 1.54) is 6.33 Å². The molecule has 144 valence electrons. The number of carbonyl (C=O) groups excluding carboxylic acids is 2. The van der Waals surface area contributed by atoms with Crippen molar-refractivity contribution in [2.24, 2.45) is 0 Å². The van der Waals surface area contributed by atoms with Crippen LogP contribution in [0.15, 0.2) is 67.3 Å². The first-order chi connectivity index (χ1) is 13.3. The van der Waals surface area contributed by atoms with Crippen molar-refractivity contribution in [2.45, 2.75) is 38.8 Å². The number of hydrogen-bond donors (Lipinski definition) is 1. The molecule has 0 aliphatic carbocycles. The summed E-state index contributed by atoms with van der Waals surface area (Å²) in [4.78, 5) is 29.2. The van der Waals surface area contributed by atoms with Crippen molar-refractivity contribution in [3.8, 4) is 0 Å². The molecule has 1 heterocycles. The van der Waals surface area contributed by atoms with Gasteiger partial charge in [0.15, 0.2) is 0 Å². The van der Waals surface area contributed by atoms with E-state index in [2.05, 4.69) is 36.2 Å². The number of ketones is 1. The van der Waals surface area contributed by atoms with Gasteiger partial charge in [0, 0.05) is 5.56 Å². The minimum Gasteiger partial charge on any atom is -0.340 e. The van der Waals surface area contributed by atoms with Gasteiger partial charge in [-0.1, -0.05) is 75.4 Å². The molecule has 3 aromatic rings. The quantitative estimate of drug-likeness (QED) is 0.529. The molecule has 1 N–H and O–H groups in total. The summed E-state index contributed by atoms with van der Waals surface area (Å²) in [6.07, 6.45) is 3.01. The van der Waals surface area contributed by atoms with E-state index in [0.29, 0.717) is 12.1 Å². The molecule has 0 radical (unpaired) electrons. The van der Waals surface area contributed by atoms with Crippen LogP contribution >= 0.6 is 0 Å². The maximum absolute atomic E-state index is 12.6. The van der Waals surface area contributed by atoms with Crippen molar-refractivity contribution < 1.29 is 9.59 Å². The molecule has 0 spiro atoms. The third-order valence-corrected chi connectivity index (χ3v) is 4.56. The minimum atomic E-state index is -0.641. The van der Waals surface area contributed by atoms with E-state index in [0.717, 1.165) is 11.1 Å². The highest BCUT2D eigenvalue weighted by molar-refractivity contribution is 6.42. The van der Waals surface area contributed by atoms with Gasteiger partial charge in [0.25, 0.3) is 5.91 Å². The molecule has 0 aliphatic rings. The fourth-order valence-electron chi connectivity index (χ4n) is 2.91. The molecule has 0 saturated heterocycles. The molecule has 2 aromatic carbocycles. The molecular weight excluding hydrogens is 352 g/mol. The zero-order valence-electron chi connectivity index (χ0n) is 16.3. The maximum Gasteiger partial charge on any atom is 0.292 e. The van der Waals surface area contributed by atoms with E-state index in [1.54, 1.807) is 23.1 Å². The van der Waals surface area contributed by atoms with Gasteiger partial charge in [-0.2, -0.15) is 5.10 Å². The molecule has 28 heavy (non-hydrogen) atoms. The highest BCUT2D eigenvalue weighted by Gasteiger charge is 2.22. The molecule has 1 atom stereocenters. The predicted molar refractivity (Wildman–Crippen MR) is 107 cm³/mol. The largest absolute Gasteiger partial charge is 0.340 e. The number of aromatic nitrogens is 3. The van der Waals surface area contributed by atoms with Crippen LogP contribution in [-0.2, 0) is 16.8 Å². The molecule has 3 rings (SSSR count). The van der Waals surface area contributed by atoms with Crippen LogP contribution in [0.4, 0.5) is 0 Å². The summed E-state index contributed by atoms with van der Waals surface area (Å²) >= 11 is 0. The maximum atomic E-state index is 12.6. The normalized spacial score (nSPS) is 12.4. The van der Waals surface area contributed by atoms with E-state index in [9.17, 15) is 9.59 Å². The molecular formula is C22H24N4O2. The van der Waals surface area contributed by atoms with Gasteiger partial charge in [-0.05, 0) is 16.5 Å². The molecule has 1 aromatic heterocycles. The second-order valence-electron chi connectivity index (χ2n) is 7.71. The van der Waals surface area contributed by atoms with Crippen molar-refractivity contribution in [1.29, 1.82) is 0 Å². The third-order valence-electron chi connectivity index (χ3n) is 4.56. The Kier molecular flexibility index (Phi) is 5.68. The Labute approximate surface area is 164 Å². The van der Waals surface area contributed by atoms with Crippen molar-refractivity contribution in [3.05, 3.63) is 83.9 Å². The number of amides is 1. The second kappa shape index (κ2) is 8.17. The number of nitrogens with zero attached hydrogens (tertiary/aromatic N) is 3. The summed E-state index contributed by atoms with van der Waals surface area (Å²) in [7, 11) is 0. The Morgan fingerprint density at radius 3 is 2.29 bits per heavy atom. The molecule has 0 saturated carbocycles. The lowest BCUT2D eigenvalue weighted by Gasteiger charge is -2.20. The van der Waals surface area contributed by atoms with Gasteiger partial charge in [-0.3, -0.25) is 14.3 Å². The Bertz CT molecular complexity index is 927. The van der Waals surface area contributed by atoms with E-state index in [1.807, 2.05) is 42.5 Å². The SMILES string of the molecule is CC(C)(C)c1ccc(C(=O)C(=O)NC(Cn2cncn2)c2ccccc2)cc1. The van der Waals surface area contributed by atoms with Gasteiger partial charge in [0.1, 0.15) is 12.7 Å². The van der Waals surface area contributed by atoms with Crippen LogP contribution in [0.2, 0.25) is 0 Å². The Morgan fingerprint density at radius 2 is 1.71 bits per heavy atom. The van der Waals surface area contributed by atoms with Crippen LogP contribution in [0.5, 0.6) is 0 Å². The van der Waals surface area contributed by atoms with Gasteiger partial charge in [-0.15, -0.1) is 0 Å². The van der Waals surface area contributed by atoms with Gasteiger partial charge in [0.05, 0.1) is 12.6 Å². The third kappa shape index (κ3) is 4.71.